The van der Waals surface area contributed by atoms with Crippen LogP contribution in [0.15, 0.2) is 54.6 Å². The summed E-state index contributed by atoms with van der Waals surface area (Å²) in [6.45, 7) is 0.180. The van der Waals surface area contributed by atoms with Crippen molar-refractivity contribution in [3.05, 3.63) is 71.8 Å². The molecule has 1 aromatic heterocycles. The van der Waals surface area contributed by atoms with Crippen LogP contribution in [0.3, 0.4) is 0 Å². The molecule has 0 unspecified atom stereocenters. The minimum atomic E-state index is -0.694. The minimum Gasteiger partial charge on any atom is -0.367 e. The molecule has 6 nitrogen and oxygen atoms in total. The van der Waals surface area contributed by atoms with E-state index in [1.165, 1.54) is 19.2 Å². The number of nitrogens with zero attached hydrogens (tertiary/aromatic N) is 2. The summed E-state index contributed by atoms with van der Waals surface area (Å²) in [4.78, 5) is 16.6. The summed E-state index contributed by atoms with van der Waals surface area (Å²) in [6, 6.07) is 15.1. The molecule has 128 valence electrons. The van der Waals surface area contributed by atoms with Crippen LogP contribution in [0.25, 0.3) is 11.4 Å². The highest BCUT2D eigenvalue weighted by atomic mass is 19.1. The molecule has 3 rings (SSSR count). The maximum Gasteiger partial charge on any atom is 0.254 e. The second-order valence-electron chi connectivity index (χ2n) is 5.36. The predicted octanol–water partition coefficient (Wildman–Crippen LogP) is 2.61. The number of methoxy groups -OCH3 is 1. The molecule has 7 heteroatoms. The normalized spacial score (nSPS) is 11.9. The van der Waals surface area contributed by atoms with E-state index in [0.29, 0.717) is 17.2 Å². The molecule has 0 aliphatic rings. The Labute approximate surface area is 144 Å². The van der Waals surface area contributed by atoms with Gasteiger partial charge < -0.3 is 10.1 Å². The molecule has 2 N–H and O–H groups in total. The van der Waals surface area contributed by atoms with E-state index in [0.717, 1.165) is 5.56 Å². The Hall–Kier alpha value is -3.06. The summed E-state index contributed by atoms with van der Waals surface area (Å²) in [6.07, 6.45) is -0.694. The van der Waals surface area contributed by atoms with Crippen LogP contribution < -0.4 is 5.32 Å². The quantitative estimate of drug-likeness (QED) is 0.723. The molecule has 1 amide bonds. The van der Waals surface area contributed by atoms with Gasteiger partial charge in [0.2, 0.25) is 0 Å². The van der Waals surface area contributed by atoms with Gasteiger partial charge in [-0.15, -0.1) is 0 Å². The lowest BCUT2D eigenvalue weighted by molar-refractivity contribution is -0.131. The molecule has 25 heavy (non-hydrogen) atoms. The third-order valence-corrected chi connectivity index (χ3v) is 3.64. The van der Waals surface area contributed by atoms with Crippen molar-refractivity contribution >= 4 is 5.91 Å². The third kappa shape index (κ3) is 4.07. The van der Waals surface area contributed by atoms with Gasteiger partial charge in [-0.3, -0.25) is 9.89 Å². The van der Waals surface area contributed by atoms with Gasteiger partial charge in [0.05, 0.1) is 6.54 Å². The van der Waals surface area contributed by atoms with Gasteiger partial charge in [-0.05, 0) is 29.8 Å². The fourth-order valence-electron chi connectivity index (χ4n) is 2.39. The maximum absolute atomic E-state index is 13.0. The molecule has 0 saturated carbocycles. The van der Waals surface area contributed by atoms with Gasteiger partial charge in [-0.25, -0.2) is 9.37 Å². The lowest BCUT2D eigenvalue weighted by Gasteiger charge is -2.14. The van der Waals surface area contributed by atoms with Gasteiger partial charge >= 0.3 is 0 Å². The van der Waals surface area contributed by atoms with E-state index >= 15 is 0 Å². The fourth-order valence-corrected chi connectivity index (χ4v) is 2.39. The summed E-state index contributed by atoms with van der Waals surface area (Å²) in [5.74, 6) is 0.345. The highest BCUT2D eigenvalue weighted by Gasteiger charge is 2.19. The number of ether oxygens (including phenoxy) is 1. The van der Waals surface area contributed by atoms with Crippen molar-refractivity contribution in [1.29, 1.82) is 0 Å². The lowest BCUT2D eigenvalue weighted by Crippen LogP contribution is -2.30. The van der Waals surface area contributed by atoms with E-state index < -0.39 is 6.10 Å². The number of amides is 1. The number of carbonyl (C=O) groups excluding carboxylic acids is 1. The number of aromatic amines is 1. The zero-order valence-corrected chi connectivity index (χ0v) is 13.6. The Morgan fingerprint density at radius 3 is 2.60 bits per heavy atom. The molecule has 3 aromatic rings. The number of halogens is 1. The summed E-state index contributed by atoms with van der Waals surface area (Å²) in [5.41, 5.74) is 1.46. The van der Waals surface area contributed by atoms with Crippen molar-refractivity contribution in [2.45, 2.75) is 12.6 Å². The standard InChI is InChI=1S/C18H17FN4O2/c1-25-16(12-5-3-2-4-6-12)18(24)20-11-15-21-17(23-22-15)13-7-9-14(19)10-8-13/h2-10,16H,11H2,1H3,(H,20,24)(H,21,22,23)/t16-/m1/s1. The van der Waals surface area contributed by atoms with Gasteiger partial charge in [0.25, 0.3) is 5.91 Å². The largest absolute Gasteiger partial charge is 0.367 e. The minimum absolute atomic E-state index is 0.180. The first-order valence-corrected chi connectivity index (χ1v) is 7.70. The highest BCUT2D eigenvalue weighted by molar-refractivity contribution is 5.82. The lowest BCUT2D eigenvalue weighted by atomic mass is 10.1. The topological polar surface area (TPSA) is 79.9 Å². The number of hydrogen-bond acceptors (Lipinski definition) is 4. The smallest absolute Gasteiger partial charge is 0.254 e. The van der Waals surface area contributed by atoms with Crippen LogP contribution in [0, 0.1) is 5.82 Å². The summed E-state index contributed by atoms with van der Waals surface area (Å²) in [5, 5.41) is 9.60. The number of carbonyl (C=O) groups is 1. The van der Waals surface area contributed by atoms with Crippen molar-refractivity contribution in [2.24, 2.45) is 0 Å². The molecule has 0 radical (unpaired) electrons. The molecular weight excluding hydrogens is 323 g/mol. The first-order valence-electron chi connectivity index (χ1n) is 7.70. The van der Waals surface area contributed by atoms with Gasteiger partial charge in [-0.1, -0.05) is 30.3 Å². The number of H-pyrrole nitrogens is 1. The van der Waals surface area contributed by atoms with Crippen molar-refractivity contribution in [1.82, 2.24) is 20.5 Å². The van der Waals surface area contributed by atoms with Crippen LogP contribution in [-0.4, -0.2) is 28.2 Å². The molecule has 1 heterocycles. The molecule has 0 aliphatic carbocycles. The average Bonchev–Trinajstić information content (AvgIpc) is 3.11. The molecule has 0 saturated heterocycles. The van der Waals surface area contributed by atoms with E-state index in [2.05, 4.69) is 20.5 Å². The number of nitrogens with one attached hydrogen (secondary N) is 2. The van der Waals surface area contributed by atoms with E-state index in [9.17, 15) is 9.18 Å². The van der Waals surface area contributed by atoms with Crippen molar-refractivity contribution in [3.63, 3.8) is 0 Å². The summed E-state index contributed by atoms with van der Waals surface area (Å²) >= 11 is 0. The fraction of sp³-hybridized carbons (Fsp3) is 0.167. The van der Waals surface area contributed by atoms with Crippen LogP contribution in [0.2, 0.25) is 0 Å². The van der Waals surface area contributed by atoms with Gasteiger partial charge in [-0.2, -0.15) is 5.10 Å². The van der Waals surface area contributed by atoms with Crippen LogP contribution in [0.4, 0.5) is 4.39 Å². The molecule has 1 atom stereocenters. The number of benzene rings is 2. The van der Waals surface area contributed by atoms with Crippen LogP contribution >= 0.6 is 0 Å². The maximum atomic E-state index is 13.0. The Bertz CT molecular complexity index is 834. The molecule has 2 aromatic carbocycles. The number of aromatic nitrogens is 3. The second-order valence-corrected chi connectivity index (χ2v) is 5.36. The van der Waals surface area contributed by atoms with Gasteiger partial charge in [0.1, 0.15) is 11.6 Å². The van der Waals surface area contributed by atoms with Gasteiger partial charge in [0.15, 0.2) is 11.9 Å². The number of hydrogen-bond donors (Lipinski definition) is 2. The highest BCUT2D eigenvalue weighted by Crippen LogP contribution is 2.17. The first kappa shape index (κ1) is 16.8. The van der Waals surface area contributed by atoms with E-state index in [-0.39, 0.29) is 18.3 Å². The average molecular weight is 340 g/mol. The van der Waals surface area contributed by atoms with Gasteiger partial charge in [0, 0.05) is 12.7 Å². The van der Waals surface area contributed by atoms with E-state index in [1.807, 2.05) is 30.3 Å². The van der Waals surface area contributed by atoms with Crippen LogP contribution in [0.5, 0.6) is 0 Å². The summed E-state index contributed by atoms with van der Waals surface area (Å²) < 4.78 is 18.2. The Balaban J connectivity index is 1.63. The monoisotopic (exact) mass is 340 g/mol. The zero-order chi connectivity index (χ0) is 17.6. The summed E-state index contributed by atoms with van der Waals surface area (Å²) in [7, 11) is 1.48. The molecule has 0 aliphatic heterocycles. The molecule has 0 fully saturated rings. The Morgan fingerprint density at radius 2 is 1.92 bits per heavy atom. The molecule has 0 bridgehead atoms. The molecular formula is C18H17FN4O2. The number of rotatable bonds is 6. The second kappa shape index (κ2) is 7.67. The zero-order valence-electron chi connectivity index (χ0n) is 13.6. The predicted molar refractivity (Wildman–Crippen MR) is 89.8 cm³/mol. The van der Waals surface area contributed by atoms with Crippen molar-refractivity contribution in [3.8, 4) is 11.4 Å². The van der Waals surface area contributed by atoms with Crippen LogP contribution in [0.1, 0.15) is 17.5 Å². The Kier molecular flexibility index (Phi) is 5.15. The van der Waals surface area contributed by atoms with Crippen molar-refractivity contribution < 1.29 is 13.9 Å². The van der Waals surface area contributed by atoms with Crippen LogP contribution in [-0.2, 0) is 16.1 Å². The van der Waals surface area contributed by atoms with Crippen molar-refractivity contribution in [2.75, 3.05) is 7.11 Å². The molecule has 0 spiro atoms. The first-order chi connectivity index (χ1) is 12.2. The third-order valence-electron chi connectivity index (χ3n) is 3.64. The van der Waals surface area contributed by atoms with E-state index in [1.54, 1.807) is 12.1 Å². The Morgan fingerprint density at radius 1 is 1.20 bits per heavy atom. The van der Waals surface area contributed by atoms with E-state index in [4.69, 9.17) is 4.74 Å². The SMILES string of the molecule is CO[C@@H](C(=O)NCc1nc(-c2ccc(F)cc2)n[nH]1)c1ccccc1.